The minimum absolute atomic E-state index is 0.151. The van der Waals surface area contributed by atoms with Crippen LogP contribution in [-0.2, 0) is 4.74 Å². The Kier molecular flexibility index (Phi) is 6.14. The third-order valence-corrected chi connectivity index (χ3v) is 5.57. The molecule has 31 heavy (non-hydrogen) atoms. The number of ether oxygens (including phenoxy) is 1. The Morgan fingerprint density at radius 1 is 0.742 bits per heavy atom. The van der Waals surface area contributed by atoms with Gasteiger partial charge >= 0.3 is 0 Å². The van der Waals surface area contributed by atoms with Crippen molar-refractivity contribution >= 4 is 22.9 Å². The molecule has 1 saturated heterocycles. The first-order valence-electron chi connectivity index (χ1n) is 10.4. The minimum atomic E-state index is -0.154. The van der Waals surface area contributed by atoms with Crippen molar-refractivity contribution in [2.45, 2.75) is 0 Å². The van der Waals surface area contributed by atoms with Crippen LogP contribution in [0.4, 0.5) is 11.4 Å². The van der Waals surface area contributed by atoms with Gasteiger partial charge in [0.1, 0.15) is 0 Å². The van der Waals surface area contributed by atoms with Gasteiger partial charge in [-0.1, -0.05) is 24.3 Å². The molecule has 1 heterocycles. The van der Waals surface area contributed by atoms with Crippen LogP contribution in [0.2, 0.25) is 0 Å². The molecule has 4 rings (SSSR count). The number of carbonyl (C=O) groups is 2. The fraction of sp³-hybridized carbons (Fsp3) is 0.231. The van der Waals surface area contributed by atoms with Crippen LogP contribution in [0, 0.1) is 0 Å². The van der Waals surface area contributed by atoms with E-state index in [1.165, 1.54) is 0 Å². The molecule has 1 aliphatic heterocycles. The first-order chi connectivity index (χ1) is 15.0. The Balaban J connectivity index is 1.59. The van der Waals surface area contributed by atoms with Gasteiger partial charge in [0, 0.05) is 60.8 Å². The number of hydrogen-bond acceptors (Lipinski definition) is 5. The number of hydrogen-bond donors (Lipinski definition) is 0. The van der Waals surface area contributed by atoms with Gasteiger partial charge in [-0.25, -0.2) is 0 Å². The summed E-state index contributed by atoms with van der Waals surface area (Å²) in [7, 11) is 3.91. The van der Waals surface area contributed by atoms with E-state index >= 15 is 0 Å². The van der Waals surface area contributed by atoms with E-state index in [1.54, 1.807) is 36.4 Å². The molecule has 0 spiro atoms. The van der Waals surface area contributed by atoms with Crippen molar-refractivity contribution in [2.24, 2.45) is 0 Å². The average Bonchev–Trinajstić information content (AvgIpc) is 2.84. The van der Waals surface area contributed by atoms with Crippen LogP contribution in [0.15, 0.2) is 72.8 Å². The van der Waals surface area contributed by atoms with Gasteiger partial charge in [-0.3, -0.25) is 9.59 Å². The van der Waals surface area contributed by atoms with Crippen LogP contribution in [0.3, 0.4) is 0 Å². The number of rotatable bonds is 6. The fourth-order valence-electron chi connectivity index (χ4n) is 3.75. The highest BCUT2D eigenvalue weighted by molar-refractivity contribution is 6.19. The zero-order chi connectivity index (χ0) is 21.8. The lowest BCUT2D eigenvalue weighted by Gasteiger charge is -2.28. The Hall–Kier alpha value is -3.44. The third-order valence-electron chi connectivity index (χ3n) is 5.57. The predicted molar refractivity (Wildman–Crippen MR) is 124 cm³/mol. The first kappa shape index (κ1) is 20.8. The van der Waals surface area contributed by atoms with Crippen LogP contribution < -0.4 is 9.80 Å². The maximum atomic E-state index is 13.2. The van der Waals surface area contributed by atoms with Gasteiger partial charge in [0.2, 0.25) is 0 Å². The summed E-state index contributed by atoms with van der Waals surface area (Å²) < 4.78 is 5.40. The van der Waals surface area contributed by atoms with E-state index in [0.29, 0.717) is 35.5 Å². The Bertz CT molecular complexity index is 1070. The molecular weight excluding hydrogens is 388 g/mol. The van der Waals surface area contributed by atoms with Crippen LogP contribution in [-0.4, -0.2) is 52.0 Å². The van der Waals surface area contributed by atoms with Crippen molar-refractivity contribution in [1.29, 1.82) is 0 Å². The Morgan fingerprint density at radius 3 is 1.71 bits per heavy atom. The Morgan fingerprint density at radius 2 is 1.23 bits per heavy atom. The molecule has 0 N–H and O–H groups in total. The summed E-state index contributed by atoms with van der Waals surface area (Å²) >= 11 is 0. The predicted octanol–water partition coefficient (Wildman–Crippen LogP) is 4.05. The van der Waals surface area contributed by atoms with Gasteiger partial charge in [-0.2, -0.15) is 0 Å². The molecule has 0 aromatic heterocycles. The Labute approximate surface area is 182 Å². The number of anilines is 2. The molecule has 5 heteroatoms. The molecule has 158 valence electrons. The smallest absolute Gasteiger partial charge is 0.193 e. The second kappa shape index (κ2) is 9.14. The van der Waals surface area contributed by atoms with Crippen LogP contribution in [0.1, 0.15) is 31.8 Å². The number of nitrogens with zero attached hydrogens (tertiary/aromatic N) is 2. The molecule has 0 aliphatic carbocycles. The topological polar surface area (TPSA) is 49.9 Å². The van der Waals surface area contributed by atoms with E-state index in [-0.39, 0.29) is 11.6 Å². The van der Waals surface area contributed by atoms with E-state index in [0.717, 1.165) is 24.5 Å². The molecule has 0 radical (unpaired) electrons. The second-order valence-corrected chi connectivity index (χ2v) is 7.79. The van der Waals surface area contributed by atoms with Crippen LogP contribution >= 0.6 is 0 Å². The third kappa shape index (κ3) is 4.52. The van der Waals surface area contributed by atoms with Gasteiger partial charge in [0.25, 0.3) is 0 Å². The standard InChI is InChI=1S/C26H26N2O3/c1-27(2)21-11-7-19(8-12-21)25(29)23-5-3-4-6-24(23)26(30)20-9-13-22(14-10-20)28-15-17-31-18-16-28/h3-14H,15-18H2,1-2H3. The molecule has 5 nitrogen and oxygen atoms in total. The largest absolute Gasteiger partial charge is 0.378 e. The van der Waals surface area contributed by atoms with Gasteiger partial charge in [-0.05, 0) is 48.5 Å². The normalized spacial score (nSPS) is 13.7. The van der Waals surface area contributed by atoms with Gasteiger partial charge in [0.05, 0.1) is 13.2 Å². The van der Waals surface area contributed by atoms with Crippen LogP contribution in [0.25, 0.3) is 0 Å². The van der Waals surface area contributed by atoms with Gasteiger partial charge < -0.3 is 14.5 Å². The van der Waals surface area contributed by atoms with Gasteiger partial charge in [-0.15, -0.1) is 0 Å². The summed E-state index contributed by atoms with van der Waals surface area (Å²) in [5.74, 6) is -0.304. The molecule has 0 saturated carbocycles. The molecule has 1 fully saturated rings. The summed E-state index contributed by atoms with van der Waals surface area (Å²) in [4.78, 5) is 30.6. The molecule has 3 aromatic carbocycles. The fourth-order valence-corrected chi connectivity index (χ4v) is 3.75. The number of ketones is 2. The molecule has 0 bridgehead atoms. The SMILES string of the molecule is CN(C)c1ccc(C(=O)c2ccccc2C(=O)c2ccc(N3CCOCC3)cc2)cc1. The number of carbonyl (C=O) groups excluding carboxylic acids is 2. The summed E-state index contributed by atoms with van der Waals surface area (Å²) in [5, 5.41) is 0. The minimum Gasteiger partial charge on any atom is -0.378 e. The monoisotopic (exact) mass is 414 g/mol. The van der Waals surface area contributed by atoms with E-state index in [2.05, 4.69) is 4.90 Å². The van der Waals surface area contributed by atoms with Gasteiger partial charge in [0.15, 0.2) is 11.6 Å². The molecule has 3 aromatic rings. The lowest BCUT2D eigenvalue weighted by molar-refractivity contribution is 0.100. The zero-order valence-electron chi connectivity index (χ0n) is 17.9. The van der Waals surface area contributed by atoms with Crippen molar-refractivity contribution in [1.82, 2.24) is 0 Å². The quantitative estimate of drug-likeness (QED) is 0.570. The molecule has 0 unspecified atom stereocenters. The summed E-state index contributed by atoms with van der Waals surface area (Å²) in [5.41, 5.74) is 4.06. The highest BCUT2D eigenvalue weighted by Crippen LogP contribution is 2.22. The maximum absolute atomic E-state index is 13.2. The van der Waals surface area contributed by atoms with Crippen LogP contribution in [0.5, 0.6) is 0 Å². The van der Waals surface area contributed by atoms with Crippen molar-refractivity contribution < 1.29 is 14.3 Å². The highest BCUT2D eigenvalue weighted by Gasteiger charge is 2.20. The van der Waals surface area contributed by atoms with Crippen molar-refractivity contribution in [3.63, 3.8) is 0 Å². The molecule has 0 atom stereocenters. The lowest BCUT2D eigenvalue weighted by atomic mass is 9.93. The van der Waals surface area contributed by atoms with E-state index in [1.807, 2.05) is 55.4 Å². The molecule has 0 amide bonds. The van der Waals surface area contributed by atoms with Crippen molar-refractivity contribution in [3.8, 4) is 0 Å². The average molecular weight is 415 g/mol. The lowest BCUT2D eigenvalue weighted by Crippen LogP contribution is -2.36. The zero-order valence-corrected chi connectivity index (χ0v) is 17.9. The number of morpholine rings is 1. The van der Waals surface area contributed by atoms with Crippen molar-refractivity contribution in [3.05, 3.63) is 95.1 Å². The van der Waals surface area contributed by atoms with Crippen molar-refractivity contribution in [2.75, 3.05) is 50.2 Å². The van der Waals surface area contributed by atoms with E-state index in [9.17, 15) is 9.59 Å². The first-order valence-corrected chi connectivity index (χ1v) is 10.4. The molecule has 1 aliphatic rings. The second-order valence-electron chi connectivity index (χ2n) is 7.79. The van der Waals surface area contributed by atoms with E-state index < -0.39 is 0 Å². The maximum Gasteiger partial charge on any atom is 0.193 e. The summed E-state index contributed by atoms with van der Waals surface area (Å²) in [6, 6.07) is 22.0. The molecular formula is C26H26N2O3. The summed E-state index contributed by atoms with van der Waals surface area (Å²) in [6.07, 6.45) is 0. The highest BCUT2D eigenvalue weighted by atomic mass is 16.5. The van der Waals surface area contributed by atoms with E-state index in [4.69, 9.17) is 4.74 Å². The number of benzene rings is 3. The summed E-state index contributed by atoms with van der Waals surface area (Å²) in [6.45, 7) is 3.12.